The summed E-state index contributed by atoms with van der Waals surface area (Å²) in [4.78, 5) is 28.1. The molecular weight excluding hydrogens is 430 g/mol. The van der Waals surface area contributed by atoms with Crippen molar-refractivity contribution in [1.29, 1.82) is 0 Å². The molecule has 0 spiro atoms. The second kappa shape index (κ2) is 11.1. The van der Waals surface area contributed by atoms with E-state index < -0.39 is 0 Å². The number of carbonyl (C=O) groups excluding carboxylic acids is 2. The van der Waals surface area contributed by atoms with Gasteiger partial charge in [0.2, 0.25) is 5.91 Å². The maximum absolute atomic E-state index is 12.9. The Morgan fingerprint density at radius 1 is 0.879 bits per heavy atom. The molecule has 1 saturated heterocycles. The van der Waals surface area contributed by atoms with Gasteiger partial charge in [0.1, 0.15) is 0 Å². The minimum Gasteiger partial charge on any atom is -0.379 e. The first kappa shape index (κ1) is 22.9. The molecule has 1 fully saturated rings. The summed E-state index contributed by atoms with van der Waals surface area (Å²) in [5.74, 6) is 0.315. The van der Waals surface area contributed by atoms with E-state index in [4.69, 9.17) is 0 Å². The van der Waals surface area contributed by atoms with E-state index in [0.717, 1.165) is 42.2 Å². The summed E-state index contributed by atoms with van der Waals surface area (Å²) >= 11 is 1.43. The molecule has 0 saturated carbocycles. The topological polar surface area (TPSA) is 61.4 Å². The number of hydrogen-bond acceptors (Lipinski definition) is 4. The molecule has 3 aromatic carbocycles. The zero-order valence-corrected chi connectivity index (χ0v) is 19.6. The molecule has 1 heterocycles. The normalized spacial score (nSPS) is 14.0. The van der Waals surface area contributed by atoms with Crippen LogP contribution in [0.25, 0.3) is 0 Å². The molecule has 33 heavy (non-hydrogen) atoms. The SMILES string of the molecule is CC(Nc1ccc(NC(=O)c2ccccc2SCC(=O)N2CCCC2)cc1)c1ccccc1. The maximum atomic E-state index is 12.9. The molecule has 6 heteroatoms. The molecule has 5 nitrogen and oxygen atoms in total. The van der Waals surface area contributed by atoms with E-state index in [9.17, 15) is 9.59 Å². The predicted octanol–water partition coefficient (Wildman–Crippen LogP) is 5.83. The van der Waals surface area contributed by atoms with Crippen molar-refractivity contribution in [3.63, 3.8) is 0 Å². The molecule has 2 amide bonds. The van der Waals surface area contributed by atoms with Crippen LogP contribution in [0.2, 0.25) is 0 Å². The predicted molar refractivity (Wildman–Crippen MR) is 136 cm³/mol. The lowest BCUT2D eigenvalue weighted by Crippen LogP contribution is -2.29. The van der Waals surface area contributed by atoms with Crippen LogP contribution in [-0.4, -0.2) is 35.6 Å². The second-order valence-corrected chi connectivity index (χ2v) is 9.20. The number of benzene rings is 3. The van der Waals surface area contributed by atoms with E-state index in [1.54, 1.807) is 6.07 Å². The number of nitrogens with one attached hydrogen (secondary N) is 2. The van der Waals surface area contributed by atoms with Crippen LogP contribution in [0, 0.1) is 0 Å². The van der Waals surface area contributed by atoms with Crippen LogP contribution in [0.4, 0.5) is 11.4 Å². The van der Waals surface area contributed by atoms with Gasteiger partial charge in [-0.15, -0.1) is 11.8 Å². The van der Waals surface area contributed by atoms with Gasteiger partial charge >= 0.3 is 0 Å². The van der Waals surface area contributed by atoms with Crippen molar-refractivity contribution in [3.05, 3.63) is 90.0 Å². The molecule has 1 aliphatic rings. The van der Waals surface area contributed by atoms with Crippen LogP contribution in [0.15, 0.2) is 83.8 Å². The van der Waals surface area contributed by atoms with Crippen molar-refractivity contribution in [3.8, 4) is 0 Å². The van der Waals surface area contributed by atoms with E-state index in [2.05, 4.69) is 29.7 Å². The van der Waals surface area contributed by atoms with E-state index in [1.165, 1.54) is 17.3 Å². The number of likely N-dealkylation sites (tertiary alicyclic amines) is 1. The molecule has 170 valence electrons. The maximum Gasteiger partial charge on any atom is 0.256 e. The molecule has 0 aliphatic carbocycles. The lowest BCUT2D eigenvalue weighted by Gasteiger charge is -2.16. The van der Waals surface area contributed by atoms with Gasteiger partial charge in [-0.25, -0.2) is 0 Å². The monoisotopic (exact) mass is 459 g/mol. The Kier molecular flexibility index (Phi) is 7.68. The largest absolute Gasteiger partial charge is 0.379 e. The number of nitrogens with zero attached hydrogens (tertiary/aromatic N) is 1. The average molecular weight is 460 g/mol. The van der Waals surface area contributed by atoms with Crippen molar-refractivity contribution in [1.82, 2.24) is 4.90 Å². The number of carbonyl (C=O) groups is 2. The standard InChI is InChI=1S/C27H29N3O2S/c1-20(21-9-3-2-4-10-21)28-22-13-15-23(16-14-22)29-27(32)24-11-5-6-12-25(24)33-19-26(31)30-17-7-8-18-30/h2-6,9-16,20,28H,7-8,17-19H2,1H3,(H,29,32). The fourth-order valence-corrected chi connectivity index (χ4v) is 4.85. The first-order valence-electron chi connectivity index (χ1n) is 11.3. The van der Waals surface area contributed by atoms with Crippen LogP contribution in [0.1, 0.15) is 41.7 Å². The summed E-state index contributed by atoms with van der Waals surface area (Å²) in [5.41, 5.74) is 3.51. The van der Waals surface area contributed by atoms with E-state index >= 15 is 0 Å². The Labute approximate surface area is 199 Å². The Hall–Kier alpha value is -3.25. The summed E-state index contributed by atoms with van der Waals surface area (Å²) in [6.45, 7) is 3.81. The first-order valence-corrected chi connectivity index (χ1v) is 12.3. The molecule has 4 rings (SSSR count). The van der Waals surface area contributed by atoms with Crippen molar-refractivity contribution in [2.24, 2.45) is 0 Å². The van der Waals surface area contributed by atoms with Gasteiger partial charge in [-0.1, -0.05) is 42.5 Å². The third-order valence-electron chi connectivity index (χ3n) is 5.77. The van der Waals surface area contributed by atoms with Crippen LogP contribution < -0.4 is 10.6 Å². The Balaban J connectivity index is 1.35. The zero-order valence-electron chi connectivity index (χ0n) is 18.8. The highest BCUT2D eigenvalue weighted by molar-refractivity contribution is 8.00. The quantitative estimate of drug-likeness (QED) is 0.416. The summed E-state index contributed by atoms with van der Waals surface area (Å²) in [6, 6.07) is 25.6. The molecule has 1 unspecified atom stereocenters. The molecule has 0 radical (unpaired) electrons. The third-order valence-corrected chi connectivity index (χ3v) is 6.83. The Morgan fingerprint density at radius 2 is 1.52 bits per heavy atom. The van der Waals surface area contributed by atoms with E-state index in [-0.39, 0.29) is 17.9 Å². The third kappa shape index (κ3) is 6.17. The van der Waals surface area contributed by atoms with Gasteiger partial charge in [-0.3, -0.25) is 9.59 Å². The van der Waals surface area contributed by atoms with Crippen LogP contribution in [0.5, 0.6) is 0 Å². The van der Waals surface area contributed by atoms with Gasteiger partial charge in [0.05, 0.1) is 11.3 Å². The zero-order chi connectivity index (χ0) is 23.0. The van der Waals surface area contributed by atoms with Gasteiger partial charge in [-0.2, -0.15) is 0 Å². The Morgan fingerprint density at radius 3 is 2.24 bits per heavy atom. The van der Waals surface area contributed by atoms with E-state index in [1.807, 2.05) is 65.6 Å². The molecule has 0 aromatic heterocycles. The Bertz CT molecular complexity index is 1080. The second-order valence-electron chi connectivity index (χ2n) is 8.18. The highest BCUT2D eigenvalue weighted by Crippen LogP contribution is 2.25. The minimum absolute atomic E-state index is 0.139. The van der Waals surface area contributed by atoms with Gasteiger partial charge in [0, 0.05) is 35.4 Å². The van der Waals surface area contributed by atoms with Crippen molar-refractivity contribution in [2.75, 3.05) is 29.5 Å². The van der Waals surface area contributed by atoms with Gasteiger partial charge in [0.15, 0.2) is 0 Å². The van der Waals surface area contributed by atoms with Gasteiger partial charge in [-0.05, 0) is 61.7 Å². The molecule has 3 aromatic rings. The minimum atomic E-state index is -0.176. The average Bonchev–Trinajstić information content (AvgIpc) is 3.40. The molecule has 0 bridgehead atoms. The van der Waals surface area contributed by atoms with Crippen LogP contribution >= 0.6 is 11.8 Å². The van der Waals surface area contributed by atoms with Crippen molar-refractivity contribution in [2.45, 2.75) is 30.7 Å². The lowest BCUT2D eigenvalue weighted by molar-refractivity contribution is -0.127. The highest BCUT2D eigenvalue weighted by atomic mass is 32.2. The number of anilines is 2. The number of thioether (sulfide) groups is 1. The fraction of sp³-hybridized carbons (Fsp3) is 0.259. The number of amides is 2. The number of rotatable bonds is 8. The summed E-state index contributed by atoms with van der Waals surface area (Å²) in [6.07, 6.45) is 2.16. The first-order chi connectivity index (χ1) is 16.1. The van der Waals surface area contributed by atoms with Crippen molar-refractivity contribution >= 4 is 35.0 Å². The fourth-order valence-electron chi connectivity index (χ4n) is 3.90. The van der Waals surface area contributed by atoms with Gasteiger partial charge in [0.25, 0.3) is 5.91 Å². The van der Waals surface area contributed by atoms with Gasteiger partial charge < -0.3 is 15.5 Å². The molecule has 1 atom stereocenters. The molecular formula is C27H29N3O2S. The summed E-state index contributed by atoms with van der Waals surface area (Å²) < 4.78 is 0. The number of hydrogen-bond donors (Lipinski definition) is 2. The molecule has 1 aliphatic heterocycles. The molecule has 2 N–H and O–H groups in total. The summed E-state index contributed by atoms with van der Waals surface area (Å²) in [5, 5.41) is 6.46. The summed E-state index contributed by atoms with van der Waals surface area (Å²) in [7, 11) is 0. The smallest absolute Gasteiger partial charge is 0.256 e. The van der Waals surface area contributed by atoms with Crippen LogP contribution in [0.3, 0.4) is 0 Å². The van der Waals surface area contributed by atoms with E-state index in [0.29, 0.717) is 11.3 Å². The highest BCUT2D eigenvalue weighted by Gasteiger charge is 2.19. The lowest BCUT2D eigenvalue weighted by atomic mass is 10.1. The van der Waals surface area contributed by atoms with Crippen molar-refractivity contribution < 1.29 is 9.59 Å². The van der Waals surface area contributed by atoms with Crippen LogP contribution in [-0.2, 0) is 4.79 Å².